The summed E-state index contributed by atoms with van der Waals surface area (Å²) < 4.78 is 4.53. The first kappa shape index (κ1) is 17.4. The number of carbonyl (C=O) groups excluding carboxylic acids is 2. The van der Waals surface area contributed by atoms with E-state index in [1.165, 1.54) is 0 Å². The van der Waals surface area contributed by atoms with Crippen LogP contribution in [-0.4, -0.2) is 33.6 Å². The zero-order valence-corrected chi connectivity index (χ0v) is 12.8. The first-order chi connectivity index (χ1) is 8.10. The Hall–Kier alpha value is -0.550. The van der Waals surface area contributed by atoms with Gasteiger partial charge in [0.05, 0.1) is 12.5 Å². The summed E-state index contributed by atoms with van der Waals surface area (Å²) in [5.41, 5.74) is 0. The molecule has 0 saturated carbocycles. The topological polar surface area (TPSA) is 63.6 Å². The van der Waals surface area contributed by atoms with E-state index in [2.05, 4.69) is 0 Å². The lowest BCUT2D eigenvalue weighted by atomic mass is 9.91. The lowest BCUT2D eigenvalue weighted by molar-refractivity contribution is -0.158. The van der Waals surface area contributed by atoms with E-state index in [1.807, 2.05) is 34.6 Å². The summed E-state index contributed by atoms with van der Waals surface area (Å²) in [4.78, 5) is 23.7. The molecule has 0 aliphatic carbocycles. The first-order valence-electron chi connectivity index (χ1n) is 6.17. The molecule has 0 aromatic rings. The molecule has 18 heavy (non-hydrogen) atoms. The molecule has 5 heteroatoms. The van der Waals surface area contributed by atoms with Crippen LogP contribution in [0.5, 0.6) is 0 Å². The molecular formula is C13H24O4S. The minimum Gasteiger partial charge on any atom is -0.464 e. The molecule has 0 radical (unpaired) electrons. The highest BCUT2D eigenvalue weighted by Gasteiger charge is 2.37. The molecule has 0 saturated heterocycles. The fourth-order valence-corrected chi connectivity index (χ4v) is 2.65. The van der Waals surface area contributed by atoms with Gasteiger partial charge in [-0.2, -0.15) is 0 Å². The van der Waals surface area contributed by atoms with Crippen molar-refractivity contribution < 1.29 is 19.4 Å². The van der Waals surface area contributed by atoms with Crippen LogP contribution in [0.25, 0.3) is 0 Å². The zero-order chi connectivity index (χ0) is 14.5. The van der Waals surface area contributed by atoms with Crippen LogP contribution in [0, 0.1) is 11.8 Å². The van der Waals surface area contributed by atoms with Gasteiger partial charge in [-0.3, -0.25) is 4.79 Å². The van der Waals surface area contributed by atoms with Gasteiger partial charge in [-0.05, 0) is 12.8 Å². The minimum absolute atomic E-state index is 0.119. The van der Waals surface area contributed by atoms with Gasteiger partial charge in [-0.25, -0.2) is 4.79 Å². The number of hydrogen-bond acceptors (Lipinski definition) is 5. The SMILES string of the molecule is CCOC(=O)[C@H](O)[C@H](C(=O)SC(C)(C)C)C(C)C. The van der Waals surface area contributed by atoms with Crippen molar-refractivity contribution in [2.45, 2.75) is 52.4 Å². The van der Waals surface area contributed by atoms with Crippen molar-refractivity contribution in [1.82, 2.24) is 0 Å². The third kappa shape index (κ3) is 5.87. The van der Waals surface area contributed by atoms with Gasteiger partial charge in [0.2, 0.25) is 0 Å². The van der Waals surface area contributed by atoms with Gasteiger partial charge in [0, 0.05) is 4.75 Å². The smallest absolute Gasteiger partial charge is 0.335 e. The summed E-state index contributed by atoms with van der Waals surface area (Å²) >= 11 is 1.15. The molecule has 0 aliphatic heterocycles. The maximum atomic E-state index is 12.1. The Morgan fingerprint density at radius 3 is 2.11 bits per heavy atom. The van der Waals surface area contributed by atoms with Crippen LogP contribution in [0.1, 0.15) is 41.5 Å². The van der Waals surface area contributed by atoms with Gasteiger partial charge in [-0.15, -0.1) is 0 Å². The van der Waals surface area contributed by atoms with E-state index in [4.69, 9.17) is 4.74 Å². The summed E-state index contributed by atoms with van der Waals surface area (Å²) in [6, 6.07) is 0. The van der Waals surface area contributed by atoms with Crippen LogP contribution in [0.4, 0.5) is 0 Å². The van der Waals surface area contributed by atoms with E-state index in [0.29, 0.717) is 0 Å². The van der Waals surface area contributed by atoms with Gasteiger partial charge in [0.25, 0.3) is 0 Å². The van der Waals surface area contributed by atoms with Crippen LogP contribution in [0.3, 0.4) is 0 Å². The van der Waals surface area contributed by atoms with Crippen molar-refractivity contribution in [3.8, 4) is 0 Å². The Bertz CT molecular complexity index is 294. The summed E-state index contributed by atoms with van der Waals surface area (Å²) in [5, 5.41) is 9.77. The number of esters is 1. The van der Waals surface area contributed by atoms with E-state index < -0.39 is 18.0 Å². The minimum atomic E-state index is -1.38. The van der Waals surface area contributed by atoms with E-state index in [-0.39, 0.29) is 22.4 Å². The molecule has 106 valence electrons. The second-order valence-corrected chi connectivity index (χ2v) is 7.33. The van der Waals surface area contributed by atoms with E-state index in [9.17, 15) is 14.7 Å². The molecule has 0 aliphatic rings. The lowest BCUT2D eigenvalue weighted by Gasteiger charge is -2.26. The molecular weight excluding hydrogens is 252 g/mol. The molecule has 1 N–H and O–H groups in total. The maximum Gasteiger partial charge on any atom is 0.335 e. The summed E-state index contributed by atoms with van der Waals surface area (Å²) in [7, 11) is 0. The molecule has 0 spiro atoms. The van der Waals surface area contributed by atoms with Gasteiger partial charge in [-0.1, -0.05) is 46.4 Å². The van der Waals surface area contributed by atoms with Gasteiger partial charge in [0.15, 0.2) is 11.2 Å². The molecule has 0 bridgehead atoms. The lowest BCUT2D eigenvalue weighted by Crippen LogP contribution is -2.39. The molecule has 2 atom stereocenters. The van der Waals surface area contributed by atoms with Crippen molar-refractivity contribution in [3.05, 3.63) is 0 Å². The molecule has 0 unspecified atom stereocenters. The van der Waals surface area contributed by atoms with E-state index >= 15 is 0 Å². The third-order valence-corrected chi connectivity index (χ3v) is 3.35. The van der Waals surface area contributed by atoms with Crippen molar-refractivity contribution >= 4 is 22.8 Å². The van der Waals surface area contributed by atoms with Crippen LogP contribution >= 0.6 is 11.8 Å². The molecule has 0 fully saturated rings. The summed E-state index contributed by atoms with van der Waals surface area (Å²) in [5.74, 6) is -1.57. The standard InChI is InChI=1S/C13H24O4S/c1-7-17-11(15)10(14)9(8(2)3)12(16)18-13(4,5)6/h8-10,14H,7H2,1-6H3/t9-,10-/m1/s1. The number of thioether (sulfide) groups is 1. The number of aliphatic hydroxyl groups excluding tert-OH is 1. The number of carbonyl (C=O) groups is 2. The highest BCUT2D eigenvalue weighted by molar-refractivity contribution is 8.14. The normalized spacial score (nSPS) is 15.3. The molecule has 0 heterocycles. The fraction of sp³-hybridized carbons (Fsp3) is 0.846. The van der Waals surface area contributed by atoms with Crippen molar-refractivity contribution in [1.29, 1.82) is 0 Å². The molecule has 4 nitrogen and oxygen atoms in total. The Kier molecular flexibility index (Phi) is 6.92. The van der Waals surface area contributed by atoms with Crippen LogP contribution < -0.4 is 0 Å². The number of ether oxygens (including phenoxy) is 1. The number of aliphatic hydroxyl groups is 1. The monoisotopic (exact) mass is 276 g/mol. The Morgan fingerprint density at radius 1 is 1.28 bits per heavy atom. The second-order valence-electron chi connectivity index (χ2n) is 5.50. The average Bonchev–Trinajstić information content (AvgIpc) is 2.14. The molecule has 0 amide bonds. The second kappa shape index (κ2) is 7.14. The van der Waals surface area contributed by atoms with Crippen LogP contribution in [-0.2, 0) is 14.3 Å². The van der Waals surface area contributed by atoms with Crippen LogP contribution in [0.15, 0.2) is 0 Å². The Morgan fingerprint density at radius 2 is 1.78 bits per heavy atom. The summed E-state index contributed by atoms with van der Waals surface area (Å²) in [6.07, 6.45) is -1.38. The predicted octanol–water partition coefficient (Wildman–Crippen LogP) is 2.24. The highest BCUT2D eigenvalue weighted by Crippen LogP contribution is 2.31. The van der Waals surface area contributed by atoms with Crippen molar-refractivity contribution in [3.63, 3.8) is 0 Å². The van der Waals surface area contributed by atoms with Crippen molar-refractivity contribution in [2.24, 2.45) is 11.8 Å². The number of rotatable bonds is 5. The highest BCUT2D eigenvalue weighted by atomic mass is 32.2. The predicted molar refractivity (Wildman–Crippen MR) is 73.3 cm³/mol. The molecule has 0 aromatic carbocycles. The van der Waals surface area contributed by atoms with Crippen LogP contribution in [0.2, 0.25) is 0 Å². The van der Waals surface area contributed by atoms with E-state index in [1.54, 1.807) is 6.92 Å². The van der Waals surface area contributed by atoms with Gasteiger partial charge >= 0.3 is 5.97 Å². The quantitative estimate of drug-likeness (QED) is 0.780. The Balaban J connectivity index is 4.86. The Labute approximate surface area is 113 Å². The largest absolute Gasteiger partial charge is 0.464 e. The number of hydrogen-bond donors (Lipinski definition) is 1. The maximum absolute atomic E-state index is 12.1. The molecule has 0 rings (SSSR count). The molecule has 0 aromatic heterocycles. The van der Waals surface area contributed by atoms with Gasteiger partial charge in [0.1, 0.15) is 0 Å². The first-order valence-corrected chi connectivity index (χ1v) is 6.99. The average molecular weight is 276 g/mol. The van der Waals surface area contributed by atoms with Crippen molar-refractivity contribution in [2.75, 3.05) is 6.61 Å². The van der Waals surface area contributed by atoms with Gasteiger partial charge < -0.3 is 9.84 Å². The van der Waals surface area contributed by atoms with E-state index in [0.717, 1.165) is 11.8 Å². The zero-order valence-electron chi connectivity index (χ0n) is 12.0. The fourth-order valence-electron chi connectivity index (χ4n) is 1.51. The summed E-state index contributed by atoms with van der Waals surface area (Å²) in [6.45, 7) is 11.3. The third-order valence-electron chi connectivity index (χ3n) is 2.27.